The second kappa shape index (κ2) is 34.6. The van der Waals surface area contributed by atoms with Crippen molar-refractivity contribution < 1.29 is 39.7 Å². The largest absolute Gasteiger partial charge is 0.473 e. The summed E-state index contributed by atoms with van der Waals surface area (Å²) in [7, 11) is -5.02. The van der Waals surface area contributed by atoms with Crippen LogP contribution in [0.5, 0.6) is 0 Å². The van der Waals surface area contributed by atoms with E-state index in [9.17, 15) is 24.2 Å². The molecule has 10 heteroatoms. The summed E-state index contributed by atoms with van der Waals surface area (Å²) < 4.78 is 30.6. The van der Waals surface area contributed by atoms with Gasteiger partial charge in [0.1, 0.15) is 7.52 Å². The molecule has 300 valence electrons. The predicted molar refractivity (Wildman–Crippen MR) is 211 cm³/mol. The van der Waals surface area contributed by atoms with Gasteiger partial charge in [-0.1, -0.05) is 141 Å². The first-order chi connectivity index (χ1) is 25.2. The molecule has 0 aromatic rings. The molecule has 1 unspecified atom stereocenters. The van der Waals surface area contributed by atoms with E-state index < -0.39 is 50.9 Å². The van der Waals surface area contributed by atoms with Gasteiger partial charge in [-0.15, -0.1) is 0 Å². The highest BCUT2D eigenvalue weighted by Crippen LogP contribution is 2.48. The van der Waals surface area contributed by atoms with Crippen LogP contribution in [0, 0.1) is 0 Å². The first-order valence-corrected chi connectivity index (χ1v) is 22.2. The zero-order valence-electron chi connectivity index (χ0n) is 33.6. The highest BCUT2D eigenvalue weighted by Gasteiger charge is 2.49. The number of ketones is 2. The lowest BCUT2D eigenvalue weighted by atomic mass is 9.87. The van der Waals surface area contributed by atoms with Gasteiger partial charge >= 0.3 is 7.82 Å². The van der Waals surface area contributed by atoms with E-state index in [1.54, 1.807) is 0 Å². The summed E-state index contributed by atoms with van der Waals surface area (Å²) in [6.07, 6.45) is 36.0. The second-order valence-corrected chi connectivity index (χ2v) is 15.6. The average molecular weight is 745 g/mol. The van der Waals surface area contributed by atoms with Crippen LogP contribution in [0.4, 0.5) is 0 Å². The van der Waals surface area contributed by atoms with E-state index >= 15 is 0 Å². The van der Waals surface area contributed by atoms with Crippen molar-refractivity contribution in [2.24, 2.45) is 5.73 Å². The minimum Gasteiger partial charge on any atom is -0.394 e. The second-order valence-electron chi connectivity index (χ2n) is 14.2. The van der Waals surface area contributed by atoms with Gasteiger partial charge < -0.3 is 20.8 Å². The first-order valence-electron chi connectivity index (χ1n) is 21.2. The van der Waals surface area contributed by atoms with Gasteiger partial charge in [-0.25, -0.2) is 4.57 Å². The zero-order chi connectivity index (χ0) is 38.6. The number of phosphoric ester groups is 1. The molecule has 0 radical (unpaired) electrons. The summed E-state index contributed by atoms with van der Waals surface area (Å²) in [6, 6.07) is 0. The van der Waals surface area contributed by atoms with Crippen molar-refractivity contribution >= 4 is 19.4 Å². The van der Waals surface area contributed by atoms with Gasteiger partial charge in [0.05, 0.1) is 13.2 Å². The van der Waals surface area contributed by atoms with Gasteiger partial charge in [-0.05, 0) is 64.2 Å². The number of unbranched alkanes of at least 4 members (excludes halogenated alkanes) is 22. The molecule has 0 spiro atoms. The number of Topliss-reactive ketones (excluding diaryl/α,β-unsaturated/α-hetero) is 2. The van der Waals surface area contributed by atoms with E-state index in [0.717, 1.165) is 77.0 Å². The van der Waals surface area contributed by atoms with Crippen molar-refractivity contribution in [1.29, 1.82) is 0 Å². The number of hydrogen-bond acceptors (Lipinski definition) is 8. The molecular weight excluding hydrogens is 665 g/mol. The van der Waals surface area contributed by atoms with Gasteiger partial charge in [0, 0.05) is 19.4 Å². The van der Waals surface area contributed by atoms with Crippen LogP contribution in [0.1, 0.15) is 194 Å². The molecule has 0 aliphatic rings. The van der Waals surface area contributed by atoms with E-state index in [2.05, 4.69) is 43.9 Å². The van der Waals surface area contributed by atoms with Crippen LogP contribution in [0.25, 0.3) is 0 Å². The van der Waals surface area contributed by atoms with E-state index in [1.165, 1.54) is 77.0 Å². The van der Waals surface area contributed by atoms with Gasteiger partial charge in [-0.3, -0.25) is 18.6 Å². The van der Waals surface area contributed by atoms with Crippen molar-refractivity contribution in [3.05, 3.63) is 24.3 Å². The molecule has 2 atom stereocenters. The number of hydrogen-bond donors (Lipinski definition) is 4. The molecule has 0 rings (SSSR count). The number of allylic oxidation sites excluding steroid dienone is 4. The fourth-order valence-corrected chi connectivity index (χ4v) is 7.13. The Morgan fingerprint density at radius 3 is 1.37 bits per heavy atom. The number of aliphatic hydroxyl groups excluding tert-OH is 2. The summed E-state index contributed by atoms with van der Waals surface area (Å²) in [5, 5.41) is 18.7. The molecule has 51 heavy (non-hydrogen) atoms. The molecule has 0 heterocycles. The number of nitrogens with two attached hydrogens (primary N) is 1. The summed E-state index contributed by atoms with van der Waals surface area (Å²) in [6.45, 7) is 2.44. The zero-order valence-corrected chi connectivity index (χ0v) is 33.5. The van der Waals surface area contributed by atoms with Crippen molar-refractivity contribution in [2.45, 2.75) is 205 Å². The van der Waals surface area contributed by atoms with Crippen LogP contribution in [-0.2, 0) is 23.2 Å². The van der Waals surface area contributed by atoms with Crippen LogP contribution in [0.15, 0.2) is 24.3 Å². The molecule has 0 bridgehead atoms. The lowest BCUT2D eigenvalue weighted by Crippen LogP contribution is -2.54. The maximum Gasteiger partial charge on any atom is 0.473 e. The third kappa shape index (κ3) is 28.0. The molecule has 0 aliphatic heterocycles. The third-order valence-corrected chi connectivity index (χ3v) is 10.4. The molecule has 0 aromatic heterocycles. The van der Waals surface area contributed by atoms with Crippen LogP contribution >= 0.6 is 7.82 Å². The molecule has 5 N–H and O–H groups in total. The minimum atomic E-state index is -5.02. The average Bonchev–Trinajstić information content (AvgIpc) is 3.13. The number of carbonyl (C=O) groups is 2. The van der Waals surface area contributed by atoms with Crippen LogP contribution < -0.4 is 5.73 Å². The molecule has 0 saturated heterocycles. The number of carbonyl (C=O) groups excluding carboxylic acids is 2. The van der Waals surface area contributed by atoms with Crippen LogP contribution in [0.3, 0.4) is 0 Å². The molecule has 0 aromatic carbocycles. The molecule has 0 aliphatic carbocycles. The van der Waals surface area contributed by atoms with Crippen molar-refractivity contribution in [2.75, 3.05) is 19.8 Å². The Morgan fingerprint density at radius 1 is 0.667 bits per heavy atom. The Balaban J connectivity index is 4.82. The molecular formula is C41H78NO8P. The Labute approximate surface area is 313 Å². The van der Waals surface area contributed by atoms with Gasteiger partial charge in [0.15, 0.2) is 11.6 Å². The highest BCUT2D eigenvalue weighted by atomic mass is 31.2. The van der Waals surface area contributed by atoms with Gasteiger partial charge in [-0.2, -0.15) is 0 Å². The van der Waals surface area contributed by atoms with E-state index in [4.69, 9.17) is 15.6 Å². The summed E-state index contributed by atoms with van der Waals surface area (Å²) in [5.41, 5.74) is -0.293. The topological polar surface area (TPSA) is 156 Å². The minimum absolute atomic E-state index is 0.0444. The number of rotatable bonds is 40. The first kappa shape index (κ1) is 47.8. The third-order valence-electron chi connectivity index (χ3n) is 9.39. The maximum atomic E-state index is 13.6. The summed E-state index contributed by atoms with van der Waals surface area (Å²) in [5.74, 6) is -1.33. The Hall–Kier alpha value is -1.19. The number of phosphoric acid groups is 1. The summed E-state index contributed by atoms with van der Waals surface area (Å²) in [4.78, 5) is 37.6. The monoisotopic (exact) mass is 745 g/mol. The fraction of sp³-hybridized carbons (Fsp3) is 0.854. The van der Waals surface area contributed by atoms with E-state index in [1.807, 2.05) is 0 Å². The molecule has 9 nitrogen and oxygen atoms in total. The number of aliphatic hydroxyl groups is 2. The standard InChI is InChI=1S/C41H78NO8P/c1-3-5-7-9-11-13-15-17-19-21-23-25-27-29-31-33-39(45)41(37-42,50-51(47,48)49-36-38(44)35-43)40(46)34-32-30-28-26-24-22-20-18-16-14-12-10-8-6-4-2/h17-20,38,43-44H,3-16,21-37,42H2,1-2H3,(H,47,48)/b19-17-,20-18-/t38-/m1/s1/i/hD. The van der Waals surface area contributed by atoms with Crippen LogP contribution in [0.2, 0.25) is 1.41 Å². The van der Waals surface area contributed by atoms with Gasteiger partial charge in [0.25, 0.3) is 0 Å². The summed E-state index contributed by atoms with van der Waals surface area (Å²) >= 11 is 0. The van der Waals surface area contributed by atoms with Crippen LogP contribution in [-0.4, -0.2) is 58.1 Å². The van der Waals surface area contributed by atoms with Crippen molar-refractivity contribution in [3.8, 4) is 0 Å². The Kier molecular flexibility index (Phi) is 32.4. The molecule has 0 fully saturated rings. The SMILES string of the molecule is [2H]NCC(OP(=O)(O)OC[C@H](O)CO)(C(=O)CCCCCCC/C=C\CCCCCCCC)C(=O)CCCCCCC/C=C\CCCCCCCC. The highest BCUT2D eigenvalue weighted by molar-refractivity contribution is 7.47. The smallest absolute Gasteiger partial charge is 0.394 e. The predicted octanol–water partition coefficient (Wildman–Crippen LogP) is 10.4. The normalized spacial score (nSPS) is 14.3. The van der Waals surface area contributed by atoms with E-state index in [0.29, 0.717) is 12.8 Å². The molecule has 0 saturated carbocycles. The maximum absolute atomic E-state index is 13.6. The van der Waals surface area contributed by atoms with Crippen molar-refractivity contribution in [3.63, 3.8) is 0 Å². The quantitative estimate of drug-likeness (QED) is 0.0207. The Bertz CT molecular complexity index is 911. The molecule has 0 amide bonds. The fourth-order valence-electron chi connectivity index (χ4n) is 6.06. The lowest BCUT2D eigenvalue weighted by Gasteiger charge is -2.31. The van der Waals surface area contributed by atoms with Crippen molar-refractivity contribution in [1.82, 2.24) is 0 Å². The van der Waals surface area contributed by atoms with Gasteiger partial charge in [0.2, 0.25) is 5.60 Å². The lowest BCUT2D eigenvalue weighted by molar-refractivity contribution is -0.149. The Morgan fingerprint density at radius 2 is 1.02 bits per heavy atom. The van der Waals surface area contributed by atoms with E-state index in [-0.39, 0.29) is 12.8 Å².